The van der Waals surface area contributed by atoms with E-state index >= 15 is 0 Å². The van der Waals surface area contributed by atoms with Gasteiger partial charge < -0.3 is 9.84 Å². The summed E-state index contributed by atoms with van der Waals surface area (Å²) in [6.45, 7) is 6.50. The van der Waals surface area contributed by atoms with Crippen molar-refractivity contribution in [3.63, 3.8) is 0 Å². The van der Waals surface area contributed by atoms with Crippen LogP contribution in [0.3, 0.4) is 0 Å². The molecule has 0 saturated carbocycles. The van der Waals surface area contributed by atoms with Crippen molar-refractivity contribution in [2.24, 2.45) is 0 Å². The SMILES string of the molecule is CCc1nc(CCOc2cccc(C)c2C)sc1C(=O)O. The molecule has 1 aromatic carbocycles. The van der Waals surface area contributed by atoms with E-state index in [0.717, 1.165) is 16.3 Å². The van der Waals surface area contributed by atoms with Crippen LogP contribution < -0.4 is 4.74 Å². The molecule has 0 aliphatic rings. The fourth-order valence-corrected chi connectivity index (χ4v) is 3.02. The smallest absolute Gasteiger partial charge is 0.347 e. The molecule has 0 radical (unpaired) electrons. The predicted molar refractivity (Wildman–Crippen MR) is 83.6 cm³/mol. The standard InChI is InChI=1S/C16H19NO3S/c1-4-12-15(16(18)19)21-14(17-12)8-9-20-13-7-5-6-10(2)11(13)3/h5-7H,4,8-9H2,1-3H3,(H,18,19). The summed E-state index contributed by atoms with van der Waals surface area (Å²) in [6, 6.07) is 5.97. The van der Waals surface area contributed by atoms with E-state index < -0.39 is 5.97 Å². The van der Waals surface area contributed by atoms with Crippen molar-refractivity contribution in [2.45, 2.75) is 33.6 Å². The Morgan fingerprint density at radius 3 is 2.76 bits per heavy atom. The maximum absolute atomic E-state index is 11.1. The van der Waals surface area contributed by atoms with Gasteiger partial charge in [0.2, 0.25) is 0 Å². The summed E-state index contributed by atoms with van der Waals surface area (Å²) < 4.78 is 5.78. The number of aryl methyl sites for hydroxylation is 2. The van der Waals surface area contributed by atoms with E-state index in [-0.39, 0.29) is 0 Å². The molecule has 0 atom stereocenters. The van der Waals surface area contributed by atoms with Crippen LogP contribution in [0.25, 0.3) is 0 Å². The zero-order valence-electron chi connectivity index (χ0n) is 12.5. The minimum absolute atomic E-state index is 0.347. The molecular formula is C16H19NO3S. The fourth-order valence-electron chi connectivity index (χ4n) is 2.04. The molecular weight excluding hydrogens is 286 g/mol. The van der Waals surface area contributed by atoms with E-state index in [1.807, 2.05) is 26.0 Å². The summed E-state index contributed by atoms with van der Waals surface area (Å²) in [4.78, 5) is 15.8. The third-order valence-electron chi connectivity index (χ3n) is 3.40. The molecule has 0 bridgehead atoms. The molecule has 0 amide bonds. The first-order chi connectivity index (χ1) is 10.0. The van der Waals surface area contributed by atoms with Crippen molar-refractivity contribution < 1.29 is 14.6 Å². The Bertz CT molecular complexity index is 649. The molecule has 0 aliphatic carbocycles. The predicted octanol–water partition coefficient (Wildman–Crippen LogP) is 3.64. The summed E-state index contributed by atoms with van der Waals surface area (Å²) >= 11 is 1.24. The quantitative estimate of drug-likeness (QED) is 0.885. The first-order valence-electron chi connectivity index (χ1n) is 6.93. The van der Waals surface area contributed by atoms with Crippen molar-refractivity contribution in [1.82, 2.24) is 4.98 Å². The average molecular weight is 305 g/mol. The van der Waals surface area contributed by atoms with Gasteiger partial charge in [-0.15, -0.1) is 11.3 Å². The molecule has 1 aromatic heterocycles. The molecule has 5 heteroatoms. The Hall–Kier alpha value is -1.88. The zero-order valence-corrected chi connectivity index (χ0v) is 13.3. The van der Waals surface area contributed by atoms with Crippen molar-refractivity contribution >= 4 is 17.3 Å². The number of aromatic carboxylic acids is 1. The van der Waals surface area contributed by atoms with E-state index in [1.165, 1.54) is 16.9 Å². The summed E-state index contributed by atoms with van der Waals surface area (Å²) in [5, 5.41) is 9.93. The number of hydrogen-bond acceptors (Lipinski definition) is 4. The first kappa shape index (κ1) is 15.5. The monoisotopic (exact) mass is 305 g/mol. The van der Waals surface area contributed by atoms with Crippen LogP contribution in [0.2, 0.25) is 0 Å². The zero-order chi connectivity index (χ0) is 15.4. The normalized spacial score (nSPS) is 10.6. The van der Waals surface area contributed by atoms with E-state index in [1.54, 1.807) is 0 Å². The maximum Gasteiger partial charge on any atom is 0.347 e. The molecule has 1 heterocycles. The van der Waals surface area contributed by atoms with Gasteiger partial charge in [-0.2, -0.15) is 0 Å². The van der Waals surface area contributed by atoms with Gasteiger partial charge in [-0.1, -0.05) is 19.1 Å². The molecule has 0 spiro atoms. The summed E-state index contributed by atoms with van der Waals surface area (Å²) in [5.74, 6) is -0.0215. The highest BCUT2D eigenvalue weighted by atomic mass is 32.1. The van der Waals surface area contributed by atoms with Gasteiger partial charge in [-0.05, 0) is 37.5 Å². The molecule has 0 saturated heterocycles. The van der Waals surface area contributed by atoms with Crippen LogP contribution in [0.15, 0.2) is 18.2 Å². The number of thiazole rings is 1. The van der Waals surface area contributed by atoms with E-state index in [4.69, 9.17) is 9.84 Å². The Balaban J connectivity index is 2.00. The molecule has 21 heavy (non-hydrogen) atoms. The van der Waals surface area contributed by atoms with Gasteiger partial charge >= 0.3 is 5.97 Å². The minimum atomic E-state index is -0.897. The molecule has 0 unspecified atom stereocenters. The minimum Gasteiger partial charge on any atom is -0.493 e. The van der Waals surface area contributed by atoms with Gasteiger partial charge in [-0.3, -0.25) is 0 Å². The lowest BCUT2D eigenvalue weighted by atomic mass is 10.1. The Morgan fingerprint density at radius 2 is 2.14 bits per heavy atom. The Morgan fingerprint density at radius 1 is 1.38 bits per heavy atom. The van der Waals surface area contributed by atoms with Crippen molar-refractivity contribution in [1.29, 1.82) is 0 Å². The van der Waals surface area contributed by atoms with Gasteiger partial charge in [0.05, 0.1) is 17.3 Å². The third kappa shape index (κ3) is 3.61. The van der Waals surface area contributed by atoms with Crippen LogP contribution in [0.5, 0.6) is 5.75 Å². The lowest BCUT2D eigenvalue weighted by Crippen LogP contribution is -2.03. The molecule has 2 aromatic rings. The van der Waals surface area contributed by atoms with Crippen LogP contribution in [0.1, 0.15) is 38.4 Å². The van der Waals surface area contributed by atoms with Crippen LogP contribution in [-0.2, 0) is 12.8 Å². The molecule has 112 valence electrons. The highest BCUT2D eigenvalue weighted by Gasteiger charge is 2.15. The van der Waals surface area contributed by atoms with E-state index in [2.05, 4.69) is 18.0 Å². The van der Waals surface area contributed by atoms with Gasteiger partial charge in [0, 0.05) is 6.42 Å². The van der Waals surface area contributed by atoms with Crippen LogP contribution in [0, 0.1) is 13.8 Å². The van der Waals surface area contributed by atoms with Crippen LogP contribution in [-0.4, -0.2) is 22.7 Å². The molecule has 4 nitrogen and oxygen atoms in total. The lowest BCUT2D eigenvalue weighted by Gasteiger charge is -2.09. The third-order valence-corrected chi connectivity index (χ3v) is 4.54. The molecule has 2 rings (SSSR count). The molecule has 1 N–H and O–H groups in total. The second kappa shape index (κ2) is 6.72. The number of hydrogen-bond donors (Lipinski definition) is 1. The van der Waals surface area contributed by atoms with Crippen molar-refractivity contribution in [2.75, 3.05) is 6.61 Å². The average Bonchev–Trinajstić information content (AvgIpc) is 2.87. The Labute approximate surface area is 128 Å². The summed E-state index contributed by atoms with van der Waals surface area (Å²) in [6.07, 6.45) is 1.26. The lowest BCUT2D eigenvalue weighted by molar-refractivity contribution is 0.0701. The second-order valence-electron chi connectivity index (χ2n) is 4.84. The van der Waals surface area contributed by atoms with Crippen molar-refractivity contribution in [3.05, 3.63) is 44.9 Å². The highest BCUT2D eigenvalue weighted by molar-refractivity contribution is 7.13. The summed E-state index contributed by atoms with van der Waals surface area (Å²) in [7, 11) is 0. The number of carbonyl (C=O) groups is 1. The van der Waals surface area contributed by atoms with Gasteiger partial charge in [-0.25, -0.2) is 9.78 Å². The van der Waals surface area contributed by atoms with Gasteiger partial charge in [0.25, 0.3) is 0 Å². The summed E-state index contributed by atoms with van der Waals surface area (Å²) in [5.41, 5.74) is 2.99. The number of carboxylic acids is 1. The number of carboxylic acid groups (broad SMARTS) is 1. The Kier molecular flexibility index (Phi) is 4.96. The number of ether oxygens (including phenoxy) is 1. The van der Waals surface area contributed by atoms with Crippen LogP contribution >= 0.6 is 11.3 Å². The van der Waals surface area contributed by atoms with Gasteiger partial charge in [0.15, 0.2) is 0 Å². The topological polar surface area (TPSA) is 59.4 Å². The highest BCUT2D eigenvalue weighted by Crippen LogP contribution is 2.22. The first-order valence-corrected chi connectivity index (χ1v) is 7.75. The second-order valence-corrected chi connectivity index (χ2v) is 5.92. The number of rotatable bonds is 6. The molecule has 0 fully saturated rings. The van der Waals surface area contributed by atoms with Crippen LogP contribution in [0.4, 0.5) is 0 Å². The number of benzene rings is 1. The fraction of sp³-hybridized carbons (Fsp3) is 0.375. The maximum atomic E-state index is 11.1. The largest absolute Gasteiger partial charge is 0.493 e. The van der Waals surface area contributed by atoms with E-state index in [0.29, 0.717) is 30.0 Å². The number of nitrogens with zero attached hydrogens (tertiary/aromatic N) is 1. The van der Waals surface area contributed by atoms with E-state index in [9.17, 15) is 4.79 Å². The van der Waals surface area contributed by atoms with Gasteiger partial charge in [0.1, 0.15) is 10.6 Å². The number of aromatic nitrogens is 1. The molecule has 0 aliphatic heterocycles. The van der Waals surface area contributed by atoms with Crippen molar-refractivity contribution in [3.8, 4) is 5.75 Å².